The monoisotopic (exact) mass is 273 g/mol. The van der Waals surface area contributed by atoms with Gasteiger partial charge in [0.2, 0.25) is 11.8 Å². The number of carbonyl (C=O) groups is 2. The number of anilines is 2. The molecule has 20 heavy (non-hydrogen) atoms. The number of carbonyl (C=O) groups excluding carboxylic acids is 2. The molecule has 106 valence electrons. The van der Waals surface area contributed by atoms with Crippen molar-refractivity contribution >= 4 is 23.2 Å². The summed E-state index contributed by atoms with van der Waals surface area (Å²) in [6.45, 7) is 2.52. The lowest BCUT2D eigenvalue weighted by atomic mass is 10.1. The van der Waals surface area contributed by atoms with Crippen molar-refractivity contribution in [1.29, 1.82) is 0 Å². The van der Waals surface area contributed by atoms with Crippen LogP contribution in [0.25, 0.3) is 0 Å². The maximum Gasteiger partial charge on any atom is 0.229 e. The van der Waals surface area contributed by atoms with Crippen LogP contribution in [-0.4, -0.2) is 31.4 Å². The molecule has 1 aromatic rings. The van der Waals surface area contributed by atoms with Crippen molar-refractivity contribution in [3.05, 3.63) is 24.3 Å². The molecular weight excluding hydrogens is 254 g/mol. The second-order valence-corrected chi connectivity index (χ2v) is 5.41. The van der Waals surface area contributed by atoms with Gasteiger partial charge in [0.25, 0.3) is 0 Å². The van der Waals surface area contributed by atoms with Crippen LogP contribution in [0.2, 0.25) is 0 Å². The zero-order valence-corrected chi connectivity index (χ0v) is 11.4. The maximum absolute atomic E-state index is 12.2. The molecule has 2 heterocycles. The quantitative estimate of drug-likeness (QED) is 0.874. The van der Waals surface area contributed by atoms with Crippen molar-refractivity contribution in [1.82, 2.24) is 5.32 Å². The Hall–Kier alpha value is -2.04. The Morgan fingerprint density at radius 1 is 1.25 bits per heavy atom. The molecule has 1 atom stereocenters. The van der Waals surface area contributed by atoms with Crippen molar-refractivity contribution in [2.45, 2.75) is 19.3 Å². The van der Waals surface area contributed by atoms with E-state index in [0.717, 1.165) is 24.5 Å². The second-order valence-electron chi connectivity index (χ2n) is 5.41. The fourth-order valence-corrected chi connectivity index (χ4v) is 2.84. The smallest absolute Gasteiger partial charge is 0.229 e. The summed E-state index contributed by atoms with van der Waals surface area (Å²) in [5.41, 5.74) is 1.93. The number of amides is 2. The predicted octanol–water partition coefficient (Wildman–Crippen LogP) is 1.36. The molecule has 3 rings (SSSR count). The van der Waals surface area contributed by atoms with Crippen molar-refractivity contribution in [3.8, 4) is 0 Å². The summed E-state index contributed by atoms with van der Waals surface area (Å²) in [6.07, 6.45) is 2.68. The summed E-state index contributed by atoms with van der Waals surface area (Å²) < 4.78 is 0. The topological polar surface area (TPSA) is 61.4 Å². The molecule has 0 spiro atoms. The van der Waals surface area contributed by atoms with Gasteiger partial charge >= 0.3 is 0 Å². The van der Waals surface area contributed by atoms with Gasteiger partial charge in [-0.1, -0.05) is 12.1 Å². The highest BCUT2D eigenvalue weighted by Crippen LogP contribution is 2.29. The summed E-state index contributed by atoms with van der Waals surface area (Å²) in [4.78, 5) is 25.7. The lowest BCUT2D eigenvalue weighted by molar-refractivity contribution is -0.123. The molecule has 2 fully saturated rings. The third-order valence-corrected chi connectivity index (χ3v) is 3.96. The third kappa shape index (κ3) is 2.61. The second kappa shape index (κ2) is 5.53. The molecular formula is C15H19N3O2. The number of benzene rings is 1. The van der Waals surface area contributed by atoms with Crippen molar-refractivity contribution in [2.75, 3.05) is 29.9 Å². The number of nitrogens with one attached hydrogen (secondary N) is 2. The van der Waals surface area contributed by atoms with Crippen LogP contribution >= 0.6 is 0 Å². The van der Waals surface area contributed by atoms with Crippen LogP contribution in [0, 0.1) is 5.92 Å². The van der Waals surface area contributed by atoms with E-state index in [9.17, 15) is 9.59 Å². The Labute approximate surface area is 118 Å². The van der Waals surface area contributed by atoms with E-state index < -0.39 is 0 Å². The van der Waals surface area contributed by atoms with E-state index in [-0.39, 0.29) is 24.2 Å². The van der Waals surface area contributed by atoms with Crippen LogP contribution < -0.4 is 15.5 Å². The van der Waals surface area contributed by atoms with Gasteiger partial charge in [-0.05, 0) is 25.0 Å². The molecule has 0 aromatic heterocycles. The molecule has 0 saturated carbocycles. The minimum atomic E-state index is -0.255. The molecule has 5 nitrogen and oxygen atoms in total. The molecule has 5 heteroatoms. The summed E-state index contributed by atoms with van der Waals surface area (Å²) in [5.74, 6) is -0.373. The van der Waals surface area contributed by atoms with E-state index in [1.165, 1.54) is 12.8 Å². The van der Waals surface area contributed by atoms with Gasteiger partial charge in [-0.15, -0.1) is 0 Å². The molecule has 0 aliphatic carbocycles. The lowest BCUT2D eigenvalue weighted by Gasteiger charge is -2.22. The lowest BCUT2D eigenvalue weighted by Crippen LogP contribution is -2.26. The van der Waals surface area contributed by atoms with Gasteiger partial charge < -0.3 is 15.5 Å². The number of rotatable bonds is 3. The molecule has 2 amide bonds. The highest BCUT2D eigenvalue weighted by atomic mass is 16.2. The first-order valence-corrected chi connectivity index (χ1v) is 7.15. The number of para-hydroxylation sites is 2. The largest absolute Gasteiger partial charge is 0.370 e. The van der Waals surface area contributed by atoms with Crippen molar-refractivity contribution in [2.24, 2.45) is 5.92 Å². The number of hydrogen-bond acceptors (Lipinski definition) is 3. The summed E-state index contributed by atoms with van der Waals surface area (Å²) >= 11 is 0. The van der Waals surface area contributed by atoms with Crippen LogP contribution in [0.1, 0.15) is 19.3 Å². The minimum absolute atomic E-state index is 0.0435. The summed E-state index contributed by atoms with van der Waals surface area (Å²) in [6, 6.07) is 7.88. The average Bonchev–Trinajstić information content (AvgIpc) is 3.10. The van der Waals surface area contributed by atoms with Gasteiger partial charge in [-0.25, -0.2) is 0 Å². The fraction of sp³-hybridized carbons (Fsp3) is 0.467. The predicted molar refractivity (Wildman–Crippen MR) is 77.6 cm³/mol. The molecule has 1 unspecified atom stereocenters. The van der Waals surface area contributed by atoms with Crippen LogP contribution in [0.3, 0.4) is 0 Å². The number of nitrogens with zero attached hydrogens (tertiary/aromatic N) is 1. The molecule has 0 bridgehead atoms. The van der Waals surface area contributed by atoms with Gasteiger partial charge in [-0.3, -0.25) is 9.59 Å². The Morgan fingerprint density at radius 2 is 2.00 bits per heavy atom. The Morgan fingerprint density at radius 3 is 2.70 bits per heavy atom. The third-order valence-electron chi connectivity index (χ3n) is 3.96. The Balaban J connectivity index is 1.73. The molecule has 2 aliphatic heterocycles. The molecule has 0 radical (unpaired) electrons. The van der Waals surface area contributed by atoms with Crippen LogP contribution in [-0.2, 0) is 9.59 Å². The SMILES string of the molecule is O=C1CC(C(=O)Nc2ccccc2N2CCCC2)CN1. The minimum Gasteiger partial charge on any atom is -0.370 e. The van der Waals surface area contributed by atoms with Crippen LogP contribution in [0.15, 0.2) is 24.3 Å². The Bertz CT molecular complexity index is 524. The van der Waals surface area contributed by atoms with Gasteiger partial charge in [0.15, 0.2) is 0 Å². The molecule has 2 saturated heterocycles. The van der Waals surface area contributed by atoms with E-state index in [1.807, 2.05) is 24.3 Å². The average molecular weight is 273 g/mol. The maximum atomic E-state index is 12.2. The van der Waals surface area contributed by atoms with E-state index >= 15 is 0 Å². The van der Waals surface area contributed by atoms with E-state index in [4.69, 9.17) is 0 Å². The fourth-order valence-electron chi connectivity index (χ4n) is 2.84. The first kappa shape index (κ1) is 13.0. The van der Waals surface area contributed by atoms with Gasteiger partial charge in [-0.2, -0.15) is 0 Å². The van der Waals surface area contributed by atoms with Crippen molar-refractivity contribution < 1.29 is 9.59 Å². The van der Waals surface area contributed by atoms with E-state index in [1.54, 1.807) is 0 Å². The standard InChI is InChI=1S/C15H19N3O2/c19-14-9-11(10-16-14)15(20)17-12-5-1-2-6-13(12)18-7-3-4-8-18/h1-2,5-6,11H,3-4,7-10H2,(H,16,19)(H,17,20). The van der Waals surface area contributed by atoms with E-state index in [0.29, 0.717) is 6.54 Å². The Kier molecular flexibility index (Phi) is 3.58. The number of hydrogen-bond donors (Lipinski definition) is 2. The van der Waals surface area contributed by atoms with Gasteiger partial charge in [0.05, 0.1) is 17.3 Å². The van der Waals surface area contributed by atoms with Gasteiger partial charge in [0, 0.05) is 26.1 Å². The molecule has 2 N–H and O–H groups in total. The molecule has 2 aliphatic rings. The first-order valence-electron chi connectivity index (χ1n) is 7.15. The van der Waals surface area contributed by atoms with Crippen molar-refractivity contribution in [3.63, 3.8) is 0 Å². The van der Waals surface area contributed by atoms with Crippen LogP contribution in [0.4, 0.5) is 11.4 Å². The highest BCUT2D eigenvalue weighted by Gasteiger charge is 2.28. The highest BCUT2D eigenvalue weighted by molar-refractivity contribution is 5.99. The molecule has 1 aromatic carbocycles. The summed E-state index contributed by atoms with van der Waals surface area (Å²) in [7, 11) is 0. The van der Waals surface area contributed by atoms with E-state index in [2.05, 4.69) is 15.5 Å². The first-order chi connectivity index (χ1) is 9.74. The van der Waals surface area contributed by atoms with Crippen LogP contribution in [0.5, 0.6) is 0 Å². The zero-order valence-electron chi connectivity index (χ0n) is 11.4. The zero-order chi connectivity index (χ0) is 13.9. The summed E-state index contributed by atoms with van der Waals surface area (Å²) in [5, 5.41) is 5.67. The normalized spacial score (nSPS) is 21.9. The van der Waals surface area contributed by atoms with Gasteiger partial charge in [0.1, 0.15) is 0 Å².